The third-order valence-electron chi connectivity index (χ3n) is 5.21. The van der Waals surface area contributed by atoms with Crippen LogP contribution in [0.2, 0.25) is 0 Å². The Morgan fingerprint density at radius 2 is 1.91 bits per heavy atom. The van der Waals surface area contributed by atoms with Crippen LogP contribution in [0.15, 0.2) is 66.4 Å². The summed E-state index contributed by atoms with van der Waals surface area (Å²) in [5.41, 5.74) is 11.3. The lowest BCUT2D eigenvalue weighted by molar-refractivity contribution is 0.476. The Morgan fingerprint density at radius 1 is 1.00 bits per heavy atom. The molecule has 3 heterocycles. The monoisotopic (exact) mass is 454 g/mol. The largest absolute Gasteiger partial charge is 0.455 e. The van der Waals surface area contributed by atoms with Crippen LogP contribution < -0.4 is 15.8 Å². The fraction of sp³-hybridized carbons (Fsp3) is 0.120. The van der Waals surface area contributed by atoms with Crippen LogP contribution in [0.3, 0.4) is 0 Å². The highest BCUT2D eigenvalue weighted by Gasteiger charge is 2.10. The van der Waals surface area contributed by atoms with E-state index in [-0.39, 0.29) is 0 Å². The van der Waals surface area contributed by atoms with Crippen molar-refractivity contribution in [3.05, 3.63) is 82.7 Å². The van der Waals surface area contributed by atoms with Gasteiger partial charge in [-0.1, -0.05) is 6.07 Å². The van der Waals surface area contributed by atoms with Crippen LogP contribution in [0.1, 0.15) is 16.3 Å². The number of benzene rings is 2. The standard InChI is InChI=1S/C25H22N6OS/c1-15-9-18(5-8-23(15)32-19-6-3-16(2)27-12-19)30-25-20-10-17(4-7-21(20)28-14-29-25)22-13-33-24(11-26)31-22/h3-10,12-14H,11,26H2,1-2H3,(H,28,29,30). The SMILES string of the molecule is Cc1ccc(Oc2ccc(Nc3ncnc4ccc(-c5csc(CN)n5)cc34)cc2C)cn1. The third kappa shape index (κ3) is 4.52. The molecule has 3 aromatic heterocycles. The molecule has 0 radical (unpaired) electrons. The van der Waals surface area contributed by atoms with Gasteiger partial charge in [-0.15, -0.1) is 11.3 Å². The van der Waals surface area contributed by atoms with Crippen molar-refractivity contribution in [1.29, 1.82) is 0 Å². The summed E-state index contributed by atoms with van der Waals surface area (Å²) >= 11 is 1.56. The molecule has 5 aromatic rings. The summed E-state index contributed by atoms with van der Waals surface area (Å²) in [4.78, 5) is 17.8. The van der Waals surface area contributed by atoms with E-state index in [2.05, 4.69) is 31.3 Å². The maximum atomic E-state index is 5.98. The lowest BCUT2D eigenvalue weighted by Gasteiger charge is -2.13. The Kier molecular flexibility index (Phi) is 5.68. The number of rotatable bonds is 6. The maximum absolute atomic E-state index is 5.98. The normalized spacial score (nSPS) is 11.0. The molecule has 8 heteroatoms. The number of pyridine rings is 1. The van der Waals surface area contributed by atoms with Gasteiger partial charge < -0.3 is 15.8 Å². The van der Waals surface area contributed by atoms with Gasteiger partial charge in [-0.25, -0.2) is 15.0 Å². The van der Waals surface area contributed by atoms with Gasteiger partial charge in [0, 0.05) is 34.3 Å². The lowest BCUT2D eigenvalue weighted by Crippen LogP contribution is -1.98. The van der Waals surface area contributed by atoms with E-state index < -0.39 is 0 Å². The smallest absolute Gasteiger partial charge is 0.145 e. The molecule has 0 atom stereocenters. The number of anilines is 2. The molecule has 0 aliphatic heterocycles. The number of thiazole rings is 1. The molecule has 0 aliphatic carbocycles. The minimum atomic E-state index is 0.438. The predicted octanol–water partition coefficient (Wildman–Crippen LogP) is 5.76. The number of nitrogens with one attached hydrogen (secondary N) is 1. The van der Waals surface area contributed by atoms with E-state index in [1.807, 2.05) is 61.7 Å². The topological polar surface area (TPSA) is 98.8 Å². The van der Waals surface area contributed by atoms with Crippen LogP contribution in [0.25, 0.3) is 22.2 Å². The molecule has 0 unspecified atom stereocenters. The molecule has 7 nitrogen and oxygen atoms in total. The molecule has 0 aliphatic rings. The number of nitrogens with zero attached hydrogens (tertiary/aromatic N) is 4. The fourth-order valence-corrected chi connectivity index (χ4v) is 4.16. The summed E-state index contributed by atoms with van der Waals surface area (Å²) in [5, 5.41) is 7.27. The summed E-state index contributed by atoms with van der Waals surface area (Å²) in [6.45, 7) is 4.40. The van der Waals surface area contributed by atoms with Crippen molar-refractivity contribution in [2.45, 2.75) is 20.4 Å². The van der Waals surface area contributed by atoms with Crippen molar-refractivity contribution in [1.82, 2.24) is 19.9 Å². The average molecular weight is 455 g/mol. The Balaban J connectivity index is 1.42. The van der Waals surface area contributed by atoms with E-state index in [0.717, 1.165) is 55.7 Å². The van der Waals surface area contributed by atoms with Gasteiger partial charge in [0.2, 0.25) is 0 Å². The molecule has 0 spiro atoms. The van der Waals surface area contributed by atoms with E-state index in [1.54, 1.807) is 23.9 Å². The Hall–Kier alpha value is -3.88. The van der Waals surface area contributed by atoms with Gasteiger partial charge in [0.05, 0.1) is 17.4 Å². The van der Waals surface area contributed by atoms with Gasteiger partial charge in [-0.3, -0.25) is 4.98 Å². The van der Waals surface area contributed by atoms with Crippen LogP contribution in [-0.4, -0.2) is 19.9 Å². The minimum absolute atomic E-state index is 0.438. The molecule has 33 heavy (non-hydrogen) atoms. The fourth-order valence-electron chi connectivity index (χ4n) is 3.47. The summed E-state index contributed by atoms with van der Waals surface area (Å²) in [5.74, 6) is 2.21. The predicted molar refractivity (Wildman–Crippen MR) is 132 cm³/mol. The number of nitrogens with two attached hydrogens (primary N) is 1. The molecule has 0 saturated carbocycles. The van der Waals surface area contributed by atoms with Crippen LogP contribution in [0.4, 0.5) is 11.5 Å². The van der Waals surface area contributed by atoms with Crippen LogP contribution in [0.5, 0.6) is 11.5 Å². The molecule has 5 rings (SSSR count). The molecule has 0 amide bonds. The molecule has 0 bridgehead atoms. The first-order valence-electron chi connectivity index (χ1n) is 10.5. The first kappa shape index (κ1) is 21.0. The molecular formula is C25H22N6OS. The first-order chi connectivity index (χ1) is 16.1. The van der Waals surface area contributed by atoms with Crippen molar-refractivity contribution in [2.75, 3.05) is 5.32 Å². The van der Waals surface area contributed by atoms with Gasteiger partial charge in [0.25, 0.3) is 0 Å². The molecular weight excluding hydrogens is 432 g/mol. The summed E-state index contributed by atoms with van der Waals surface area (Å²) in [6, 6.07) is 15.8. The zero-order valence-corrected chi connectivity index (χ0v) is 19.1. The first-order valence-corrected chi connectivity index (χ1v) is 11.3. The maximum Gasteiger partial charge on any atom is 0.145 e. The highest BCUT2D eigenvalue weighted by molar-refractivity contribution is 7.09. The second-order valence-electron chi connectivity index (χ2n) is 7.63. The number of fused-ring (bicyclic) bond motifs is 1. The summed E-state index contributed by atoms with van der Waals surface area (Å²) < 4.78 is 5.98. The highest BCUT2D eigenvalue weighted by Crippen LogP contribution is 2.31. The molecule has 164 valence electrons. The number of hydrogen-bond donors (Lipinski definition) is 2. The Morgan fingerprint density at radius 3 is 2.67 bits per heavy atom. The molecule has 3 N–H and O–H groups in total. The highest BCUT2D eigenvalue weighted by atomic mass is 32.1. The van der Waals surface area contributed by atoms with Gasteiger partial charge in [-0.2, -0.15) is 0 Å². The van der Waals surface area contributed by atoms with E-state index >= 15 is 0 Å². The summed E-state index contributed by atoms with van der Waals surface area (Å²) in [7, 11) is 0. The number of aromatic nitrogens is 4. The van der Waals surface area contributed by atoms with Crippen molar-refractivity contribution < 1.29 is 4.74 Å². The van der Waals surface area contributed by atoms with E-state index in [9.17, 15) is 0 Å². The van der Waals surface area contributed by atoms with E-state index in [1.165, 1.54) is 0 Å². The zero-order valence-electron chi connectivity index (χ0n) is 18.2. The number of ether oxygens (including phenoxy) is 1. The zero-order chi connectivity index (χ0) is 22.8. The van der Waals surface area contributed by atoms with E-state index in [0.29, 0.717) is 12.3 Å². The van der Waals surface area contributed by atoms with Gasteiger partial charge in [0.1, 0.15) is 28.7 Å². The minimum Gasteiger partial charge on any atom is -0.455 e. The molecule has 0 saturated heterocycles. The van der Waals surface area contributed by atoms with Crippen LogP contribution >= 0.6 is 11.3 Å². The van der Waals surface area contributed by atoms with Crippen LogP contribution in [0, 0.1) is 13.8 Å². The lowest BCUT2D eigenvalue weighted by atomic mass is 10.1. The van der Waals surface area contributed by atoms with Gasteiger partial charge in [0.15, 0.2) is 0 Å². The van der Waals surface area contributed by atoms with Gasteiger partial charge >= 0.3 is 0 Å². The number of hydrogen-bond acceptors (Lipinski definition) is 8. The quantitative estimate of drug-likeness (QED) is 0.336. The number of aryl methyl sites for hydroxylation is 2. The molecule has 0 fully saturated rings. The Labute approximate surface area is 195 Å². The Bertz CT molecular complexity index is 1430. The van der Waals surface area contributed by atoms with Gasteiger partial charge in [-0.05, 0) is 61.9 Å². The van der Waals surface area contributed by atoms with E-state index in [4.69, 9.17) is 10.5 Å². The van der Waals surface area contributed by atoms with Crippen LogP contribution in [-0.2, 0) is 6.54 Å². The second-order valence-corrected chi connectivity index (χ2v) is 8.57. The summed E-state index contributed by atoms with van der Waals surface area (Å²) in [6.07, 6.45) is 3.29. The average Bonchev–Trinajstić information content (AvgIpc) is 3.32. The third-order valence-corrected chi connectivity index (χ3v) is 6.08. The molecule has 2 aromatic carbocycles. The second kappa shape index (κ2) is 8.93. The van der Waals surface area contributed by atoms with Crippen molar-refractivity contribution in [2.24, 2.45) is 5.73 Å². The van der Waals surface area contributed by atoms with Crippen molar-refractivity contribution >= 4 is 33.7 Å². The van der Waals surface area contributed by atoms with Crippen molar-refractivity contribution in [3.63, 3.8) is 0 Å². The van der Waals surface area contributed by atoms with Crippen molar-refractivity contribution in [3.8, 4) is 22.8 Å².